The van der Waals surface area contributed by atoms with Crippen LogP contribution in [0.2, 0.25) is 0 Å². The number of ether oxygens (including phenoxy) is 1. The number of nitrogens with zero attached hydrogens (tertiary/aromatic N) is 6. The van der Waals surface area contributed by atoms with Gasteiger partial charge in [0.05, 0.1) is 37.3 Å². The number of amides is 1. The van der Waals surface area contributed by atoms with E-state index in [9.17, 15) is 4.79 Å². The number of nitrogens with one attached hydrogen (secondary N) is 2. The largest absolute Gasteiger partial charge is 0.373 e. The molecule has 0 saturated carbocycles. The molecule has 1 aliphatic heterocycles. The van der Waals surface area contributed by atoms with Crippen molar-refractivity contribution >= 4 is 5.91 Å². The SMILES string of the molecule is Cc1[nH]cnc1CNC(=O)Cn1nnnc1CN1C[C@@H](C)O[C@@H](C)C1. The lowest BCUT2D eigenvalue weighted by molar-refractivity contribution is -0.122. The Kier molecular flexibility index (Phi) is 5.39. The second-order valence-electron chi connectivity index (χ2n) is 6.46. The van der Waals surface area contributed by atoms with Crippen molar-refractivity contribution in [2.45, 2.75) is 52.6 Å². The van der Waals surface area contributed by atoms with Gasteiger partial charge in [0.2, 0.25) is 5.91 Å². The fraction of sp³-hybridized carbons (Fsp3) is 0.667. The number of aromatic nitrogens is 6. The standard InChI is InChI=1S/C15H24N8O2/c1-10-5-22(6-11(2)25-10)7-14-19-20-21-23(14)8-15(24)16-4-13-12(3)17-9-18-13/h9-11H,4-8H2,1-3H3,(H,16,24)(H,17,18)/t10-,11+. The van der Waals surface area contributed by atoms with E-state index in [1.807, 2.05) is 6.92 Å². The Morgan fingerprint density at radius 3 is 2.84 bits per heavy atom. The molecule has 0 unspecified atom stereocenters. The average Bonchev–Trinajstić information content (AvgIpc) is 3.13. The number of rotatable bonds is 6. The van der Waals surface area contributed by atoms with Crippen molar-refractivity contribution in [2.75, 3.05) is 13.1 Å². The zero-order valence-corrected chi connectivity index (χ0v) is 14.8. The smallest absolute Gasteiger partial charge is 0.242 e. The number of morpholine rings is 1. The summed E-state index contributed by atoms with van der Waals surface area (Å²) in [5.41, 5.74) is 1.76. The highest BCUT2D eigenvalue weighted by Crippen LogP contribution is 2.12. The van der Waals surface area contributed by atoms with E-state index in [0.717, 1.165) is 24.5 Å². The third-order valence-corrected chi connectivity index (χ3v) is 4.15. The van der Waals surface area contributed by atoms with Crippen LogP contribution in [0, 0.1) is 6.92 Å². The van der Waals surface area contributed by atoms with Gasteiger partial charge in [-0.15, -0.1) is 5.10 Å². The third-order valence-electron chi connectivity index (χ3n) is 4.15. The van der Waals surface area contributed by atoms with Gasteiger partial charge >= 0.3 is 0 Å². The zero-order valence-electron chi connectivity index (χ0n) is 14.8. The Morgan fingerprint density at radius 1 is 1.40 bits per heavy atom. The maximum absolute atomic E-state index is 12.2. The topological polar surface area (TPSA) is 114 Å². The number of imidazole rings is 1. The third kappa shape index (κ3) is 4.60. The lowest BCUT2D eigenvalue weighted by Gasteiger charge is -2.34. The summed E-state index contributed by atoms with van der Waals surface area (Å²) in [6.07, 6.45) is 1.96. The normalized spacial score (nSPS) is 21.4. The molecular weight excluding hydrogens is 324 g/mol. The Labute approximate surface area is 145 Å². The molecule has 3 heterocycles. The first kappa shape index (κ1) is 17.5. The Balaban J connectivity index is 1.54. The Bertz CT molecular complexity index is 702. The molecule has 2 aromatic heterocycles. The summed E-state index contributed by atoms with van der Waals surface area (Å²) in [5.74, 6) is 0.520. The predicted octanol–water partition coefficient (Wildman–Crippen LogP) is -0.370. The number of aromatic amines is 1. The van der Waals surface area contributed by atoms with Gasteiger partial charge in [0.1, 0.15) is 6.54 Å². The summed E-state index contributed by atoms with van der Waals surface area (Å²) >= 11 is 0. The number of hydrogen-bond donors (Lipinski definition) is 2. The van der Waals surface area contributed by atoms with Gasteiger partial charge in [-0.1, -0.05) is 0 Å². The summed E-state index contributed by atoms with van der Waals surface area (Å²) < 4.78 is 7.27. The van der Waals surface area contributed by atoms with Crippen LogP contribution >= 0.6 is 0 Å². The molecule has 0 aromatic carbocycles. The van der Waals surface area contributed by atoms with Crippen molar-refractivity contribution in [2.24, 2.45) is 0 Å². The second-order valence-corrected chi connectivity index (χ2v) is 6.46. The molecule has 0 bridgehead atoms. The van der Waals surface area contributed by atoms with Crippen LogP contribution in [-0.2, 0) is 29.2 Å². The number of carbonyl (C=O) groups excluding carboxylic acids is 1. The van der Waals surface area contributed by atoms with Gasteiger partial charge in [-0.3, -0.25) is 9.69 Å². The van der Waals surface area contributed by atoms with Crippen molar-refractivity contribution in [1.82, 2.24) is 40.4 Å². The monoisotopic (exact) mass is 348 g/mol. The highest BCUT2D eigenvalue weighted by Gasteiger charge is 2.24. The van der Waals surface area contributed by atoms with Crippen LogP contribution in [-0.4, -0.2) is 66.3 Å². The second kappa shape index (κ2) is 7.70. The molecule has 1 fully saturated rings. The van der Waals surface area contributed by atoms with Crippen LogP contribution in [0.1, 0.15) is 31.1 Å². The van der Waals surface area contributed by atoms with Gasteiger partial charge in [0.15, 0.2) is 5.82 Å². The number of aryl methyl sites for hydroxylation is 1. The minimum absolute atomic E-state index is 0.0846. The summed E-state index contributed by atoms with van der Waals surface area (Å²) in [7, 11) is 0. The highest BCUT2D eigenvalue weighted by atomic mass is 16.5. The van der Waals surface area contributed by atoms with Crippen molar-refractivity contribution in [1.29, 1.82) is 0 Å². The lowest BCUT2D eigenvalue weighted by Crippen LogP contribution is -2.45. The quantitative estimate of drug-likeness (QED) is 0.732. The maximum Gasteiger partial charge on any atom is 0.242 e. The van der Waals surface area contributed by atoms with E-state index in [-0.39, 0.29) is 24.7 Å². The zero-order chi connectivity index (χ0) is 17.8. The highest BCUT2D eigenvalue weighted by molar-refractivity contribution is 5.75. The van der Waals surface area contributed by atoms with Gasteiger partial charge in [0.25, 0.3) is 0 Å². The predicted molar refractivity (Wildman–Crippen MR) is 88.3 cm³/mol. The maximum atomic E-state index is 12.2. The van der Waals surface area contributed by atoms with Crippen LogP contribution in [0.5, 0.6) is 0 Å². The summed E-state index contributed by atoms with van der Waals surface area (Å²) in [6, 6.07) is 0. The van der Waals surface area contributed by atoms with E-state index in [1.165, 1.54) is 4.68 Å². The molecule has 136 valence electrons. The van der Waals surface area contributed by atoms with E-state index >= 15 is 0 Å². The van der Waals surface area contributed by atoms with Crippen LogP contribution in [0.15, 0.2) is 6.33 Å². The van der Waals surface area contributed by atoms with Crippen LogP contribution in [0.25, 0.3) is 0 Å². The fourth-order valence-corrected chi connectivity index (χ4v) is 3.01. The summed E-state index contributed by atoms with van der Waals surface area (Å²) in [6.45, 7) is 8.72. The van der Waals surface area contributed by atoms with Gasteiger partial charge < -0.3 is 15.0 Å². The van der Waals surface area contributed by atoms with Gasteiger partial charge in [-0.25, -0.2) is 9.67 Å². The number of hydrogen-bond acceptors (Lipinski definition) is 7. The van der Waals surface area contributed by atoms with Crippen molar-refractivity contribution < 1.29 is 9.53 Å². The first-order valence-corrected chi connectivity index (χ1v) is 8.39. The van der Waals surface area contributed by atoms with Gasteiger partial charge in [-0.05, 0) is 31.2 Å². The van der Waals surface area contributed by atoms with Crippen LogP contribution < -0.4 is 5.32 Å². The molecule has 1 amide bonds. The minimum Gasteiger partial charge on any atom is -0.373 e. The fourth-order valence-electron chi connectivity index (χ4n) is 3.01. The van der Waals surface area contributed by atoms with E-state index in [0.29, 0.717) is 18.9 Å². The molecule has 10 heteroatoms. The molecule has 1 aliphatic rings. The van der Waals surface area contributed by atoms with Gasteiger partial charge in [0, 0.05) is 18.8 Å². The van der Waals surface area contributed by atoms with Crippen molar-refractivity contribution in [3.05, 3.63) is 23.5 Å². The summed E-state index contributed by atoms with van der Waals surface area (Å²) in [5, 5.41) is 14.5. The summed E-state index contributed by atoms with van der Waals surface area (Å²) in [4.78, 5) is 21.6. The minimum atomic E-state index is -0.153. The van der Waals surface area contributed by atoms with E-state index in [1.54, 1.807) is 6.33 Å². The number of H-pyrrole nitrogens is 1. The van der Waals surface area contributed by atoms with E-state index < -0.39 is 0 Å². The molecule has 25 heavy (non-hydrogen) atoms. The lowest BCUT2D eigenvalue weighted by atomic mass is 10.2. The first-order chi connectivity index (χ1) is 12.0. The molecule has 0 spiro atoms. The molecule has 1 saturated heterocycles. The van der Waals surface area contributed by atoms with Crippen molar-refractivity contribution in [3.63, 3.8) is 0 Å². The van der Waals surface area contributed by atoms with Crippen LogP contribution in [0.3, 0.4) is 0 Å². The Hall–Kier alpha value is -2.33. The van der Waals surface area contributed by atoms with Crippen molar-refractivity contribution in [3.8, 4) is 0 Å². The number of tetrazole rings is 1. The van der Waals surface area contributed by atoms with E-state index in [4.69, 9.17) is 4.74 Å². The average molecular weight is 348 g/mol. The molecule has 2 atom stereocenters. The molecular formula is C15H24N8O2. The van der Waals surface area contributed by atoms with Gasteiger partial charge in [-0.2, -0.15) is 0 Å². The number of carbonyl (C=O) groups is 1. The first-order valence-electron chi connectivity index (χ1n) is 8.39. The molecule has 2 N–H and O–H groups in total. The Morgan fingerprint density at radius 2 is 2.16 bits per heavy atom. The van der Waals surface area contributed by atoms with Crippen LogP contribution in [0.4, 0.5) is 0 Å². The molecule has 0 radical (unpaired) electrons. The molecule has 0 aliphatic carbocycles. The molecule has 2 aromatic rings. The molecule has 3 rings (SSSR count). The van der Waals surface area contributed by atoms with E-state index in [2.05, 4.69) is 49.6 Å². The molecule has 10 nitrogen and oxygen atoms in total.